The minimum Gasteiger partial charge on any atom is -0.373 e. The summed E-state index contributed by atoms with van der Waals surface area (Å²) < 4.78 is 30.3. The van der Waals surface area contributed by atoms with Crippen LogP contribution in [0.3, 0.4) is 0 Å². The highest BCUT2D eigenvalue weighted by molar-refractivity contribution is 9.10. The first-order valence-electron chi connectivity index (χ1n) is 8.73. The first-order chi connectivity index (χ1) is 12.4. The van der Waals surface area contributed by atoms with Crippen LogP contribution < -0.4 is 5.32 Å². The van der Waals surface area contributed by atoms with Crippen LogP contribution in [-0.4, -0.2) is 17.5 Å². The van der Waals surface area contributed by atoms with Crippen LogP contribution in [0.4, 0.5) is 14.5 Å². The van der Waals surface area contributed by atoms with Gasteiger partial charge in [-0.05, 0) is 35.7 Å². The van der Waals surface area contributed by atoms with Gasteiger partial charge in [0.25, 0.3) is 5.92 Å². The molecule has 1 fully saturated rings. The molecule has 1 saturated carbocycles. The molecule has 0 amide bonds. The molecule has 26 heavy (non-hydrogen) atoms. The average molecular weight is 464 g/mol. The van der Waals surface area contributed by atoms with Crippen molar-refractivity contribution < 1.29 is 8.78 Å². The average Bonchev–Trinajstić information content (AvgIpc) is 2.93. The van der Waals surface area contributed by atoms with Gasteiger partial charge in [-0.3, -0.25) is 0 Å². The number of thiophene rings is 1. The number of rotatable bonds is 3. The first kappa shape index (κ1) is 21.4. The Kier molecular flexibility index (Phi) is 7.69. The zero-order chi connectivity index (χ0) is 19.3. The number of hydrogen-bond acceptors (Lipinski definition) is 3. The van der Waals surface area contributed by atoms with Crippen LogP contribution in [0.2, 0.25) is 5.15 Å². The lowest BCUT2D eigenvalue weighted by atomic mass is 9.84. The fourth-order valence-corrected chi connectivity index (χ4v) is 5.48. The molecule has 1 aliphatic carbocycles. The Morgan fingerprint density at radius 1 is 1.42 bits per heavy atom. The number of aromatic nitrogens is 1. The van der Waals surface area contributed by atoms with Gasteiger partial charge in [0, 0.05) is 17.4 Å². The number of hydrogen-bond donors (Lipinski definition) is 1. The molecule has 2 nitrogen and oxygen atoms in total. The molecule has 142 valence electrons. The van der Waals surface area contributed by atoms with Gasteiger partial charge < -0.3 is 5.32 Å². The van der Waals surface area contributed by atoms with Crippen molar-refractivity contribution in [2.24, 2.45) is 0 Å². The molecule has 3 rings (SSSR count). The van der Waals surface area contributed by atoms with Crippen molar-refractivity contribution in [3.05, 3.63) is 20.6 Å². The molecule has 0 unspecified atom stereocenters. The van der Waals surface area contributed by atoms with Crippen LogP contribution in [0, 0.1) is 11.8 Å². The van der Waals surface area contributed by atoms with Crippen LogP contribution in [0.25, 0.3) is 10.2 Å². The smallest absolute Gasteiger partial charge is 0.255 e. The van der Waals surface area contributed by atoms with Gasteiger partial charge in [-0.2, -0.15) is 0 Å². The molecule has 1 atom stereocenters. The second-order valence-corrected chi connectivity index (χ2v) is 8.02. The quantitative estimate of drug-likeness (QED) is 0.377. The summed E-state index contributed by atoms with van der Waals surface area (Å²) in [5.74, 6) is 2.30. The predicted molar refractivity (Wildman–Crippen MR) is 112 cm³/mol. The zero-order valence-corrected chi connectivity index (χ0v) is 18.2. The Bertz CT molecular complexity index is 826. The minimum absolute atomic E-state index is 0.0519. The van der Waals surface area contributed by atoms with Crippen LogP contribution >= 0.6 is 38.9 Å². The highest BCUT2D eigenvalue weighted by Crippen LogP contribution is 2.51. The SMILES string of the molecule is CC.CC#CCNc1cc(Cl)nc2c(Br)c([C@H]3CCCCC3(F)F)sc12. The summed E-state index contributed by atoms with van der Waals surface area (Å²) in [4.78, 5) is 5.00. The molecule has 2 aromatic heterocycles. The maximum atomic E-state index is 14.4. The number of halogens is 4. The van der Waals surface area contributed by atoms with Crippen LogP contribution in [0.1, 0.15) is 57.2 Å². The molecule has 0 saturated heterocycles. The number of nitrogens with one attached hydrogen (secondary N) is 1. The topological polar surface area (TPSA) is 24.9 Å². The number of fused-ring (bicyclic) bond motifs is 1. The number of pyridine rings is 1. The van der Waals surface area contributed by atoms with Gasteiger partial charge in [0.1, 0.15) is 5.15 Å². The summed E-state index contributed by atoms with van der Waals surface area (Å²) in [6.07, 6.45) is 1.85. The Hall–Kier alpha value is -0.900. The Balaban J connectivity index is 0.00000117. The molecule has 1 N–H and O–H groups in total. The molecule has 0 aliphatic heterocycles. The third kappa shape index (κ3) is 4.49. The fraction of sp³-hybridized carbons (Fsp3) is 0.526. The Morgan fingerprint density at radius 3 is 2.81 bits per heavy atom. The summed E-state index contributed by atoms with van der Waals surface area (Å²) in [5, 5.41) is 3.53. The normalized spacial score (nSPS) is 18.5. The maximum Gasteiger partial charge on any atom is 0.255 e. The van der Waals surface area contributed by atoms with E-state index >= 15 is 0 Å². The van der Waals surface area contributed by atoms with Crippen molar-refractivity contribution in [1.29, 1.82) is 0 Å². The van der Waals surface area contributed by atoms with Crippen LogP contribution in [-0.2, 0) is 0 Å². The number of alkyl halides is 2. The monoisotopic (exact) mass is 462 g/mol. The van der Waals surface area contributed by atoms with Crippen molar-refractivity contribution in [1.82, 2.24) is 4.98 Å². The molecule has 0 radical (unpaired) electrons. The molecule has 1 aliphatic rings. The zero-order valence-electron chi connectivity index (χ0n) is 15.1. The van der Waals surface area contributed by atoms with E-state index in [9.17, 15) is 8.78 Å². The molecular weight excluding hydrogens is 442 g/mol. The largest absolute Gasteiger partial charge is 0.373 e. The standard InChI is InChI=1S/C17H16BrClF2N2S.C2H6/c1-2-3-8-22-11-9-12(19)23-14-13(18)15(24-16(11)14)10-6-4-5-7-17(10,20)21;1-2/h9-10H,4-8H2,1H3,(H,22,23);1-2H3/t10-;/m1./s1. The molecule has 0 spiro atoms. The summed E-state index contributed by atoms with van der Waals surface area (Å²) in [7, 11) is 0. The number of nitrogens with zero attached hydrogens (tertiary/aromatic N) is 1. The summed E-state index contributed by atoms with van der Waals surface area (Å²) in [6, 6.07) is 1.72. The lowest BCUT2D eigenvalue weighted by Crippen LogP contribution is -2.29. The van der Waals surface area contributed by atoms with Gasteiger partial charge in [0.05, 0.1) is 32.8 Å². The van der Waals surface area contributed by atoms with E-state index in [4.69, 9.17) is 11.6 Å². The van der Waals surface area contributed by atoms with Gasteiger partial charge in [0.15, 0.2) is 0 Å². The van der Waals surface area contributed by atoms with E-state index in [1.807, 2.05) is 13.8 Å². The van der Waals surface area contributed by atoms with E-state index < -0.39 is 11.8 Å². The number of anilines is 1. The van der Waals surface area contributed by atoms with E-state index in [1.165, 1.54) is 11.3 Å². The second-order valence-electron chi connectivity index (χ2n) is 5.79. The van der Waals surface area contributed by atoms with E-state index in [2.05, 4.69) is 38.1 Å². The lowest BCUT2D eigenvalue weighted by Gasteiger charge is -2.30. The lowest BCUT2D eigenvalue weighted by molar-refractivity contribution is -0.0538. The van der Waals surface area contributed by atoms with Gasteiger partial charge in [0.2, 0.25) is 0 Å². The minimum atomic E-state index is -2.67. The van der Waals surface area contributed by atoms with Crippen molar-refractivity contribution in [2.45, 2.75) is 58.3 Å². The van der Waals surface area contributed by atoms with Gasteiger partial charge >= 0.3 is 0 Å². The van der Waals surface area contributed by atoms with Crippen LogP contribution in [0.15, 0.2) is 10.5 Å². The van der Waals surface area contributed by atoms with Gasteiger partial charge in [-0.25, -0.2) is 13.8 Å². The van der Waals surface area contributed by atoms with Crippen LogP contribution in [0.5, 0.6) is 0 Å². The van der Waals surface area contributed by atoms with Gasteiger partial charge in [-0.15, -0.1) is 17.3 Å². The molecule has 2 aromatic rings. The predicted octanol–water partition coefficient (Wildman–Crippen LogP) is 7.47. The van der Waals surface area contributed by atoms with Crippen molar-refractivity contribution in [2.75, 3.05) is 11.9 Å². The molecule has 2 heterocycles. The van der Waals surface area contributed by atoms with E-state index in [0.29, 0.717) is 39.4 Å². The molecule has 0 bridgehead atoms. The van der Waals surface area contributed by atoms with E-state index in [-0.39, 0.29) is 6.42 Å². The summed E-state index contributed by atoms with van der Waals surface area (Å²) in [6.45, 7) is 6.23. The maximum absolute atomic E-state index is 14.4. The molecule has 7 heteroatoms. The van der Waals surface area contributed by atoms with E-state index in [0.717, 1.165) is 16.8 Å². The summed E-state index contributed by atoms with van der Waals surface area (Å²) in [5.41, 5.74) is 1.42. The third-order valence-corrected chi connectivity index (χ3v) is 6.79. The molecule has 0 aromatic carbocycles. The first-order valence-corrected chi connectivity index (χ1v) is 10.7. The van der Waals surface area contributed by atoms with Crippen molar-refractivity contribution >= 4 is 54.8 Å². The summed E-state index contributed by atoms with van der Waals surface area (Å²) >= 11 is 11.0. The highest BCUT2D eigenvalue weighted by atomic mass is 79.9. The van der Waals surface area contributed by atoms with E-state index in [1.54, 1.807) is 13.0 Å². The second kappa shape index (κ2) is 9.34. The third-order valence-electron chi connectivity index (χ3n) is 4.20. The Labute approximate surface area is 170 Å². The van der Waals surface area contributed by atoms with Gasteiger partial charge in [-0.1, -0.05) is 37.8 Å². The fourth-order valence-electron chi connectivity index (χ4n) is 3.03. The Morgan fingerprint density at radius 2 is 2.15 bits per heavy atom. The van der Waals surface area contributed by atoms with Crippen molar-refractivity contribution in [3.8, 4) is 11.8 Å². The highest BCUT2D eigenvalue weighted by Gasteiger charge is 2.44. The molecular formula is C19H22BrClF2N2S. The van der Waals surface area contributed by atoms with Crippen molar-refractivity contribution in [3.63, 3.8) is 0 Å².